The fourth-order valence-electron chi connectivity index (χ4n) is 7.51. The minimum absolute atomic E-state index is 0.0902. The number of rotatable bonds is 0. The standard InChI is InChI=1S/C40H24N4O4/c45-37-31-33-23-13-5-3-11-21(23)29(42-33)17-27-19-9-1-2-10-20(19)28(41-27)18-30-22-12-4-6-14-24(22)34(43-30)32(38(46)40(48)39(37)47)36-26-16-8-7-15-25(26)35(31)44-36/h1-18,39-40,42-43,47-48H/t39-,40+. The monoisotopic (exact) mass is 624 g/mol. The van der Waals surface area contributed by atoms with Crippen LogP contribution in [0.25, 0.3) is 88.6 Å². The van der Waals surface area contributed by atoms with E-state index in [-0.39, 0.29) is 11.1 Å². The molecule has 8 heteroatoms. The van der Waals surface area contributed by atoms with E-state index in [0.717, 1.165) is 44.1 Å². The first-order chi connectivity index (χ1) is 23.5. The van der Waals surface area contributed by atoms with Gasteiger partial charge in [-0.15, -0.1) is 0 Å². The van der Waals surface area contributed by atoms with Crippen LogP contribution in [0.1, 0.15) is 20.7 Å². The van der Waals surface area contributed by atoms with Crippen LogP contribution in [-0.2, 0) is 0 Å². The summed E-state index contributed by atoms with van der Waals surface area (Å²) in [5.41, 5.74) is 7.80. The van der Waals surface area contributed by atoms with Crippen molar-refractivity contribution in [2.45, 2.75) is 12.2 Å². The molecule has 6 heterocycles. The lowest BCUT2D eigenvalue weighted by Crippen LogP contribution is -2.40. The third kappa shape index (κ3) is 3.55. The molecular formula is C40H24N4O4. The number of aliphatic hydroxyl groups is 2. The SMILES string of the molecule is O=C1c2c3nc(c(c4[nH]c(cc5nc(cc6[nH]c2c2ccccc62)-c2ccccc2-5)c2ccccc42)C(=O)[C@H](O)[C@@H]1O)-c1ccccc1-3. The Morgan fingerprint density at radius 3 is 1.29 bits per heavy atom. The smallest absolute Gasteiger partial charge is 0.198 e. The van der Waals surface area contributed by atoms with Gasteiger partial charge in [-0.25, -0.2) is 9.97 Å². The van der Waals surface area contributed by atoms with Crippen molar-refractivity contribution in [3.8, 4) is 45.0 Å². The van der Waals surface area contributed by atoms with E-state index in [4.69, 9.17) is 9.97 Å². The molecule has 10 bridgehead atoms. The van der Waals surface area contributed by atoms with Crippen LogP contribution in [0.15, 0.2) is 109 Å². The maximum Gasteiger partial charge on any atom is 0.198 e. The number of aromatic nitrogens is 4. The maximum atomic E-state index is 14.5. The highest BCUT2D eigenvalue weighted by Crippen LogP contribution is 2.45. The number of ketones is 2. The normalized spacial score (nSPS) is 16.6. The molecule has 10 rings (SSSR count). The predicted molar refractivity (Wildman–Crippen MR) is 186 cm³/mol. The molecule has 3 aliphatic rings. The lowest BCUT2D eigenvalue weighted by molar-refractivity contribution is 0.0218. The average molecular weight is 625 g/mol. The lowest BCUT2D eigenvalue weighted by atomic mass is 9.89. The van der Waals surface area contributed by atoms with Gasteiger partial charge in [0.25, 0.3) is 0 Å². The highest BCUT2D eigenvalue weighted by molar-refractivity contribution is 6.25. The summed E-state index contributed by atoms with van der Waals surface area (Å²) in [4.78, 5) is 46.1. The van der Waals surface area contributed by atoms with Crippen molar-refractivity contribution in [2.24, 2.45) is 0 Å². The van der Waals surface area contributed by atoms with Crippen molar-refractivity contribution in [1.82, 2.24) is 19.9 Å². The molecule has 2 atom stereocenters. The second kappa shape index (κ2) is 9.65. The number of hydrogen-bond acceptors (Lipinski definition) is 6. The molecule has 8 nitrogen and oxygen atoms in total. The Labute approximate surface area is 272 Å². The Kier molecular flexibility index (Phi) is 5.42. The van der Waals surface area contributed by atoms with Crippen LogP contribution in [0.2, 0.25) is 0 Å². The number of fused-ring (bicyclic) bond motifs is 18. The van der Waals surface area contributed by atoms with Crippen molar-refractivity contribution >= 4 is 55.2 Å². The Morgan fingerprint density at radius 2 is 0.854 bits per heavy atom. The summed E-state index contributed by atoms with van der Waals surface area (Å²) in [6.07, 6.45) is -4.09. The third-order valence-corrected chi connectivity index (χ3v) is 9.74. The fraction of sp³-hybridized carbons (Fsp3) is 0.0500. The first kappa shape index (κ1) is 26.9. The molecule has 48 heavy (non-hydrogen) atoms. The zero-order chi connectivity index (χ0) is 32.3. The van der Waals surface area contributed by atoms with Gasteiger partial charge in [-0.2, -0.15) is 0 Å². The van der Waals surface area contributed by atoms with Crippen LogP contribution in [0, 0.1) is 0 Å². The largest absolute Gasteiger partial charge is 0.382 e. The molecule has 3 aliphatic heterocycles. The number of H-pyrrole nitrogens is 2. The molecule has 0 spiro atoms. The Bertz CT molecular complexity index is 2590. The van der Waals surface area contributed by atoms with Gasteiger partial charge in [0.2, 0.25) is 0 Å². The molecule has 0 saturated carbocycles. The maximum absolute atomic E-state index is 14.5. The van der Waals surface area contributed by atoms with Gasteiger partial charge in [0, 0.05) is 54.8 Å². The summed E-state index contributed by atoms with van der Waals surface area (Å²) in [5, 5.41) is 26.1. The lowest BCUT2D eigenvalue weighted by Gasteiger charge is -2.18. The topological polar surface area (TPSA) is 132 Å². The van der Waals surface area contributed by atoms with E-state index in [2.05, 4.69) is 9.97 Å². The second-order valence-corrected chi connectivity index (χ2v) is 12.4. The van der Waals surface area contributed by atoms with Gasteiger partial charge in [0.15, 0.2) is 23.8 Å². The zero-order valence-electron chi connectivity index (χ0n) is 25.2. The van der Waals surface area contributed by atoms with Gasteiger partial charge in [-0.3, -0.25) is 9.59 Å². The second-order valence-electron chi connectivity index (χ2n) is 12.4. The molecule has 4 aromatic carbocycles. The van der Waals surface area contributed by atoms with Crippen molar-refractivity contribution in [3.05, 3.63) is 120 Å². The van der Waals surface area contributed by atoms with E-state index in [1.165, 1.54) is 0 Å². The molecule has 228 valence electrons. The molecule has 0 radical (unpaired) electrons. The molecule has 0 amide bonds. The molecule has 7 aromatic rings. The van der Waals surface area contributed by atoms with Crippen LogP contribution in [0.4, 0.5) is 0 Å². The number of hydrogen-bond donors (Lipinski definition) is 4. The van der Waals surface area contributed by atoms with Crippen LogP contribution < -0.4 is 0 Å². The number of nitrogens with one attached hydrogen (secondary N) is 2. The highest BCUT2D eigenvalue weighted by Gasteiger charge is 2.40. The molecule has 0 aliphatic carbocycles. The highest BCUT2D eigenvalue weighted by atomic mass is 16.3. The first-order valence-electron chi connectivity index (χ1n) is 15.7. The minimum Gasteiger partial charge on any atom is -0.382 e. The summed E-state index contributed by atoms with van der Waals surface area (Å²) < 4.78 is 0. The minimum atomic E-state index is -2.04. The Balaban J connectivity index is 1.54. The van der Waals surface area contributed by atoms with Gasteiger partial charge in [-0.05, 0) is 12.1 Å². The van der Waals surface area contributed by atoms with E-state index < -0.39 is 23.8 Å². The number of aliphatic hydroxyl groups excluding tert-OH is 2. The van der Waals surface area contributed by atoms with Crippen LogP contribution in [-0.4, -0.2) is 53.9 Å². The summed E-state index contributed by atoms with van der Waals surface area (Å²) in [6, 6.07) is 34.7. The van der Waals surface area contributed by atoms with Gasteiger partial charge < -0.3 is 20.2 Å². The summed E-state index contributed by atoms with van der Waals surface area (Å²) in [6.45, 7) is 0. The molecule has 3 aromatic heterocycles. The summed E-state index contributed by atoms with van der Waals surface area (Å²) in [7, 11) is 0. The fourth-order valence-corrected chi connectivity index (χ4v) is 7.51. The number of carbonyl (C=O) groups excluding carboxylic acids is 2. The van der Waals surface area contributed by atoms with Gasteiger partial charge in [0.05, 0.1) is 44.9 Å². The summed E-state index contributed by atoms with van der Waals surface area (Å²) >= 11 is 0. The predicted octanol–water partition coefficient (Wildman–Crippen LogP) is 7.39. The quantitative estimate of drug-likeness (QED) is 0.139. The third-order valence-electron chi connectivity index (χ3n) is 9.74. The number of benzene rings is 4. The number of carbonyl (C=O) groups is 2. The van der Waals surface area contributed by atoms with Crippen molar-refractivity contribution in [1.29, 1.82) is 0 Å². The van der Waals surface area contributed by atoms with Crippen LogP contribution in [0.3, 0.4) is 0 Å². The van der Waals surface area contributed by atoms with E-state index in [1.54, 1.807) is 0 Å². The van der Waals surface area contributed by atoms with Gasteiger partial charge in [-0.1, -0.05) is 97.1 Å². The molecule has 4 N–H and O–H groups in total. The zero-order valence-corrected chi connectivity index (χ0v) is 25.2. The molecule has 0 fully saturated rings. The number of nitrogens with zero attached hydrogens (tertiary/aromatic N) is 2. The Hall–Kier alpha value is -6.22. The average Bonchev–Trinajstić information content (AvgIpc) is 3.87. The van der Waals surface area contributed by atoms with E-state index in [9.17, 15) is 19.8 Å². The van der Waals surface area contributed by atoms with Crippen molar-refractivity contribution in [2.75, 3.05) is 0 Å². The van der Waals surface area contributed by atoms with Crippen molar-refractivity contribution < 1.29 is 19.8 Å². The Morgan fingerprint density at radius 1 is 0.479 bits per heavy atom. The van der Waals surface area contributed by atoms with Gasteiger partial charge >= 0.3 is 0 Å². The molecule has 0 unspecified atom stereocenters. The number of Topliss-reactive ketones (excluding diaryl/α,β-unsaturated/α-hetero) is 2. The number of aromatic amines is 2. The van der Waals surface area contributed by atoms with Crippen molar-refractivity contribution in [3.63, 3.8) is 0 Å². The van der Waals surface area contributed by atoms with E-state index in [1.807, 2.05) is 109 Å². The van der Waals surface area contributed by atoms with Gasteiger partial charge in [0.1, 0.15) is 0 Å². The van der Waals surface area contributed by atoms with E-state index in [0.29, 0.717) is 44.6 Å². The van der Waals surface area contributed by atoms with E-state index >= 15 is 0 Å². The molecular weight excluding hydrogens is 600 g/mol. The molecule has 0 saturated heterocycles. The van der Waals surface area contributed by atoms with Crippen LogP contribution >= 0.6 is 0 Å². The first-order valence-corrected chi connectivity index (χ1v) is 15.7. The van der Waals surface area contributed by atoms with Crippen LogP contribution in [0.5, 0.6) is 0 Å². The summed E-state index contributed by atoms with van der Waals surface area (Å²) in [5.74, 6) is -1.61.